The highest BCUT2D eigenvalue weighted by Gasteiger charge is 2.22. The van der Waals surface area contributed by atoms with Crippen LogP contribution in [0.5, 0.6) is 0 Å². The van der Waals surface area contributed by atoms with Gasteiger partial charge in [-0.25, -0.2) is 0 Å². The number of halogens is 2. The van der Waals surface area contributed by atoms with Crippen LogP contribution in [-0.4, -0.2) is 6.26 Å². The lowest BCUT2D eigenvalue weighted by molar-refractivity contribution is 1.17. The van der Waals surface area contributed by atoms with Gasteiger partial charge in [-0.05, 0) is 78.5 Å². The molecule has 0 aliphatic heterocycles. The molecule has 2 aliphatic carbocycles. The molecule has 0 bridgehead atoms. The molecule has 24 heavy (non-hydrogen) atoms. The summed E-state index contributed by atoms with van der Waals surface area (Å²) in [6, 6.07) is 8.92. The molecule has 0 saturated heterocycles. The fourth-order valence-corrected chi connectivity index (χ4v) is 4.59. The van der Waals surface area contributed by atoms with Gasteiger partial charge in [0, 0.05) is 8.95 Å². The Balaban J connectivity index is 0.000000815. The van der Waals surface area contributed by atoms with E-state index in [9.17, 15) is 0 Å². The van der Waals surface area contributed by atoms with Crippen LogP contribution in [-0.2, 0) is 12.8 Å². The second-order valence-electron chi connectivity index (χ2n) is 6.31. The lowest BCUT2D eigenvalue weighted by Gasteiger charge is -2.15. The van der Waals surface area contributed by atoms with Crippen molar-refractivity contribution in [3.8, 4) is 11.1 Å². The van der Waals surface area contributed by atoms with Crippen molar-refractivity contribution < 1.29 is 0 Å². The van der Waals surface area contributed by atoms with Crippen molar-refractivity contribution in [2.24, 2.45) is 0 Å². The Morgan fingerprint density at radius 1 is 0.708 bits per heavy atom. The van der Waals surface area contributed by atoms with Gasteiger partial charge in [0.05, 0.1) is 0 Å². The third-order valence-electron chi connectivity index (χ3n) is 4.59. The highest BCUT2D eigenvalue weighted by Crippen LogP contribution is 2.43. The summed E-state index contributed by atoms with van der Waals surface area (Å²) in [5, 5.41) is 0. The molecule has 124 valence electrons. The Kier molecular flexibility index (Phi) is 5.43. The molecule has 0 fully saturated rings. The van der Waals surface area contributed by atoms with Crippen LogP contribution in [0.15, 0.2) is 44.4 Å². The number of hydrogen-bond acceptors (Lipinski definition) is 1. The predicted molar refractivity (Wildman–Crippen MR) is 117 cm³/mol. The zero-order valence-corrected chi connectivity index (χ0v) is 18.1. The number of hydrogen-bond donors (Lipinski definition) is 1. The molecule has 0 radical (unpaired) electrons. The lowest BCUT2D eigenvalue weighted by atomic mass is 9.91. The maximum atomic E-state index is 3.70. The van der Waals surface area contributed by atoms with Gasteiger partial charge in [-0.2, -0.15) is 12.6 Å². The van der Waals surface area contributed by atoms with Gasteiger partial charge in [0.15, 0.2) is 0 Å². The molecule has 2 aliphatic rings. The summed E-state index contributed by atoms with van der Waals surface area (Å²) in [6.45, 7) is 4.43. The largest absolute Gasteiger partial charge is 0.183 e. The molecule has 0 atom stereocenters. The third-order valence-corrected chi connectivity index (χ3v) is 5.97. The average Bonchev–Trinajstić information content (AvgIpc) is 3.14. The molecule has 2 aromatic rings. The monoisotopic (exact) mass is 462 g/mol. The van der Waals surface area contributed by atoms with Crippen molar-refractivity contribution in [1.82, 2.24) is 0 Å². The van der Waals surface area contributed by atoms with E-state index in [4.69, 9.17) is 0 Å². The van der Waals surface area contributed by atoms with Crippen molar-refractivity contribution in [2.45, 2.75) is 26.7 Å². The maximum absolute atomic E-state index is 3.70. The Labute approximate surface area is 166 Å². The highest BCUT2D eigenvalue weighted by molar-refractivity contribution is 9.10. The minimum Gasteiger partial charge on any atom is -0.183 e. The van der Waals surface area contributed by atoms with Crippen molar-refractivity contribution in [2.75, 3.05) is 6.26 Å². The van der Waals surface area contributed by atoms with Crippen molar-refractivity contribution in [3.63, 3.8) is 0 Å². The first kappa shape index (κ1) is 18.0. The fourth-order valence-electron chi connectivity index (χ4n) is 3.62. The molecule has 0 aromatic heterocycles. The van der Waals surface area contributed by atoms with E-state index in [1.807, 2.05) is 0 Å². The minimum atomic E-state index is 1.06. The van der Waals surface area contributed by atoms with Crippen LogP contribution < -0.4 is 0 Å². The number of rotatable bonds is 1. The van der Waals surface area contributed by atoms with Crippen LogP contribution in [0.4, 0.5) is 0 Å². The summed E-state index contributed by atoms with van der Waals surface area (Å²) in [4.78, 5) is 0. The quantitative estimate of drug-likeness (QED) is 0.420. The SMILES string of the molecule is CC1=Cc2c(Br)ccc(-c3ccc(Br)c4c3CC(C)=C4)c2C1.CS. The highest BCUT2D eigenvalue weighted by atomic mass is 79.9. The number of thiol groups is 1. The zero-order valence-electron chi connectivity index (χ0n) is 14.1. The lowest BCUT2D eigenvalue weighted by Crippen LogP contribution is -1.96. The molecule has 0 unspecified atom stereocenters. The van der Waals surface area contributed by atoms with Crippen LogP contribution in [0.2, 0.25) is 0 Å². The van der Waals surface area contributed by atoms with Gasteiger partial charge < -0.3 is 0 Å². The van der Waals surface area contributed by atoms with E-state index >= 15 is 0 Å². The van der Waals surface area contributed by atoms with Gasteiger partial charge in [-0.1, -0.05) is 67.3 Å². The minimum absolute atomic E-state index is 1.06. The van der Waals surface area contributed by atoms with Gasteiger partial charge in [-0.15, -0.1) is 0 Å². The average molecular weight is 464 g/mol. The van der Waals surface area contributed by atoms with Crippen molar-refractivity contribution >= 4 is 56.6 Å². The smallest absolute Gasteiger partial charge is 0.0251 e. The topological polar surface area (TPSA) is 0 Å². The Hall–Kier alpha value is -0.770. The second kappa shape index (κ2) is 7.23. The van der Waals surface area contributed by atoms with E-state index in [1.54, 1.807) is 6.26 Å². The van der Waals surface area contributed by atoms with Crippen LogP contribution in [0.25, 0.3) is 23.3 Å². The molecule has 3 heteroatoms. The van der Waals surface area contributed by atoms with Crippen LogP contribution >= 0.6 is 44.5 Å². The van der Waals surface area contributed by atoms with Crippen molar-refractivity contribution in [1.29, 1.82) is 0 Å². The van der Waals surface area contributed by atoms with E-state index in [2.05, 4.69) is 94.8 Å². The van der Waals surface area contributed by atoms with Gasteiger partial charge in [-0.3, -0.25) is 0 Å². The van der Waals surface area contributed by atoms with E-state index in [0.717, 1.165) is 12.8 Å². The van der Waals surface area contributed by atoms with E-state index in [0.29, 0.717) is 0 Å². The second-order valence-corrected chi connectivity index (χ2v) is 8.02. The molecule has 4 rings (SSSR count). The summed E-state index contributed by atoms with van der Waals surface area (Å²) in [6.07, 6.45) is 8.43. The molecule has 2 aromatic carbocycles. The molecular formula is C21H20Br2S. The van der Waals surface area contributed by atoms with Gasteiger partial charge in [0.25, 0.3) is 0 Å². The van der Waals surface area contributed by atoms with Crippen LogP contribution in [0.1, 0.15) is 36.1 Å². The first-order valence-electron chi connectivity index (χ1n) is 7.97. The summed E-state index contributed by atoms with van der Waals surface area (Å²) < 4.78 is 2.40. The van der Waals surface area contributed by atoms with E-state index < -0.39 is 0 Å². The third kappa shape index (κ3) is 3.07. The van der Waals surface area contributed by atoms with Gasteiger partial charge >= 0.3 is 0 Å². The molecular weight excluding hydrogens is 444 g/mol. The molecule has 0 heterocycles. The van der Waals surface area contributed by atoms with E-state index in [1.165, 1.54) is 53.5 Å². The number of benzene rings is 2. The van der Waals surface area contributed by atoms with Gasteiger partial charge in [0.2, 0.25) is 0 Å². The predicted octanol–water partition coefficient (Wildman–Crippen LogP) is 7.34. The van der Waals surface area contributed by atoms with Gasteiger partial charge in [0.1, 0.15) is 0 Å². The number of allylic oxidation sites excluding steroid dienone is 2. The molecule has 0 N–H and O–H groups in total. The normalized spacial score (nSPS) is 14.4. The number of fused-ring (bicyclic) bond motifs is 2. The fraction of sp³-hybridized carbons (Fsp3) is 0.238. The first-order valence-corrected chi connectivity index (χ1v) is 10.4. The summed E-state index contributed by atoms with van der Waals surface area (Å²) >= 11 is 10.9. The summed E-state index contributed by atoms with van der Waals surface area (Å²) in [5.74, 6) is 0. The van der Waals surface area contributed by atoms with E-state index in [-0.39, 0.29) is 0 Å². The first-order chi connectivity index (χ1) is 11.5. The zero-order chi connectivity index (χ0) is 17.4. The Morgan fingerprint density at radius 3 is 1.46 bits per heavy atom. The van der Waals surface area contributed by atoms with Crippen LogP contribution in [0.3, 0.4) is 0 Å². The molecule has 0 spiro atoms. The Morgan fingerprint density at radius 2 is 1.08 bits per heavy atom. The summed E-state index contributed by atoms with van der Waals surface area (Å²) in [5.41, 5.74) is 11.3. The van der Waals surface area contributed by atoms with Crippen LogP contribution in [0, 0.1) is 0 Å². The summed E-state index contributed by atoms with van der Waals surface area (Å²) in [7, 11) is 0. The Bertz CT molecular complexity index is 802. The standard InChI is InChI=1S/C20H16Br2.CH4S/c1-11-7-15-13(3-5-19(21)17(15)9-11)14-4-6-20(22)18-10-12(2)8-16(14)18;1-2/h3-6,9-10H,7-8H2,1-2H3;2H,1H3. The van der Waals surface area contributed by atoms with Crippen molar-refractivity contribution in [3.05, 3.63) is 66.6 Å². The molecule has 0 saturated carbocycles. The maximum Gasteiger partial charge on any atom is 0.0251 e. The molecule has 0 amide bonds. The molecule has 0 nitrogen and oxygen atoms in total.